The van der Waals surface area contributed by atoms with Crippen molar-refractivity contribution in [3.8, 4) is 5.75 Å². The van der Waals surface area contributed by atoms with Crippen LogP contribution in [0.2, 0.25) is 0 Å². The molecular formula is C25H26N2O3S. The van der Waals surface area contributed by atoms with Crippen molar-refractivity contribution in [2.24, 2.45) is 0 Å². The van der Waals surface area contributed by atoms with Gasteiger partial charge in [0.15, 0.2) is 6.61 Å². The minimum absolute atomic E-state index is 0.131. The summed E-state index contributed by atoms with van der Waals surface area (Å²) in [6.45, 7) is -0.131. The predicted octanol–water partition coefficient (Wildman–Crippen LogP) is 4.19. The normalized spacial score (nSPS) is 13.1. The first-order valence-electron chi connectivity index (χ1n) is 10.5. The highest BCUT2D eigenvalue weighted by Crippen LogP contribution is 2.35. The highest BCUT2D eigenvalue weighted by molar-refractivity contribution is 7.98. The number of carbonyl (C=O) groups is 2. The zero-order valence-electron chi connectivity index (χ0n) is 17.5. The number of hydrogen-bond donors (Lipinski definition) is 2. The molecule has 0 fully saturated rings. The van der Waals surface area contributed by atoms with E-state index < -0.39 is 6.04 Å². The van der Waals surface area contributed by atoms with Crippen molar-refractivity contribution in [2.75, 3.05) is 23.9 Å². The molecule has 4 rings (SSSR count). The summed E-state index contributed by atoms with van der Waals surface area (Å²) in [7, 11) is 0. The summed E-state index contributed by atoms with van der Waals surface area (Å²) >= 11 is 1.64. The van der Waals surface area contributed by atoms with E-state index in [1.165, 1.54) is 16.5 Å². The van der Waals surface area contributed by atoms with Gasteiger partial charge in [-0.25, -0.2) is 0 Å². The second-order valence-electron chi connectivity index (χ2n) is 7.60. The molecule has 3 aromatic carbocycles. The average Bonchev–Trinajstić information content (AvgIpc) is 3.22. The van der Waals surface area contributed by atoms with Crippen molar-refractivity contribution in [1.82, 2.24) is 5.32 Å². The van der Waals surface area contributed by atoms with E-state index in [1.807, 2.05) is 42.7 Å². The van der Waals surface area contributed by atoms with Crippen LogP contribution in [-0.2, 0) is 22.4 Å². The molecule has 0 heterocycles. The fourth-order valence-electron chi connectivity index (χ4n) is 3.98. The van der Waals surface area contributed by atoms with E-state index in [1.54, 1.807) is 23.9 Å². The Morgan fingerprint density at radius 3 is 2.55 bits per heavy atom. The highest BCUT2D eigenvalue weighted by Gasteiger charge is 2.23. The van der Waals surface area contributed by atoms with Crippen molar-refractivity contribution in [1.29, 1.82) is 0 Å². The zero-order chi connectivity index (χ0) is 21.6. The maximum absolute atomic E-state index is 13.1. The molecule has 1 aliphatic carbocycles. The largest absolute Gasteiger partial charge is 0.484 e. The molecule has 1 aliphatic rings. The molecule has 0 saturated heterocycles. The van der Waals surface area contributed by atoms with Crippen LogP contribution in [0.4, 0.5) is 5.69 Å². The number of thioether (sulfide) groups is 1. The Hall–Kier alpha value is -2.99. The summed E-state index contributed by atoms with van der Waals surface area (Å²) in [5.41, 5.74) is 3.44. The van der Waals surface area contributed by atoms with Crippen LogP contribution in [0, 0.1) is 0 Å². The van der Waals surface area contributed by atoms with Crippen molar-refractivity contribution < 1.29 is 14.3 Å². The lowest BCUT2D eigenvalue weighted by molar-refractivity contribution is -0.127. The van der Waals surface area contributed by atoms with E-state index in [4.69, 9.17) is 4.74 Å². The van der Waals surface area contributed by atoms with Gasteiger partial charge in [0.1, 0.15) is 11.8 Å². The van der Waals surface area contributed by atoms with E-state index in [0.717, 1.165) is 29.7 Å². The molecule has 0 saturated carbocycles. The molecule has 160 valence electrons. The maximum atomic E-state index is 13.1. The molecule has 0 aliphatic heterocycles. The predicted molar refractivity (Wildman–Crippen MR) is 127 cm³/mol. The van der Waals surface area contributed by atoms with Crippen LogP contribution in [0.15, 0.2) is 60.7 Å². The second kappa shape index (κ2) is 9.88. The Kier molecular flexibility index (Phi) is 6.77. The molecule has 5 nitrogen and oxygen atoms in total. The van der Waals surface area contributed by atoms with Gasteiger partial charge in [0.2, 0.25) is 5.91 Å². The summed E-state index contributed by atoms with van der Waals surface area (Å²) in [4.78, 5) is 25.5. The summed E-state index contributed by atoms with van der Waals surface area (Å²) in [5.74, 6) is 0.865. The molecule has 6 heteroatoms. The number of ether oxygens (including phenoxy) is 1. The number of hydrogen-bond acceptors (Lipinski definition) is 4. The monoisotopic (exact) mass is 434 g/mol. The topological polar surface area (TPSA) is 67.4 Å². The van der Waals surface area contributed by atoms with E-state index in [0.29, 0.717) is 12.2 Å². The van der Waals surface area contributed by atoms with Crippen LogP contribution in [0.1, 0.15) is 17.5 Å². The SMILES string of the molecule is CSCCC(NC(=O)COc1ccccc1)C(=O)Nc1ccc2c3c(cccc13)CC2. The van der Waals surface area contributed by atoms with Crippen LogP contribution >= 0.6 is 11.8 Å². The third-order valence-corrected chi connectivity index (χ3v) is 6.15. The first-order valence-corrected chi connectivity index (χ1v) is 11.9. The second-order valence-corrected chi connectivity index (χ2v) is 8.59. The summed E-state index contributed by atoms with van der Waals surface area (Å²) in [5, 5.41) is 8.20. The molecule has 2 amide bonds. The smallest absolute Gasteiger partial charge is 0.258 e. The molecule has 31 heavy (non-hydrogen) atoms. The fourth-order valence-corrected chi connectivity index (χ4v) is 4.45. The summed E-state index contributed by atoms with van der Waals surface area (Å²) in [6, 6.07) is 18.8. The van der Waals surface area contributed by atoms with Gasteiger partial charge in [-0.1, -0.05) is 42.5 Å². The van der Waals surface area contributed by atoms with Gasteiger partial charge >= 0.3 is 0 Å². The quantitative estimate of drug-likeness (QED) is 0.530. The Morgan fingerprint density at radius 2 is 1.77 bits per heavy atom. The summed E-state index contributed by atoms with van der Waals surface area (Å²) < 4.78 is 5.51. The standard InChI is InChI=1S/C25H26N2O3S/c1-31-15-14-22(26-23(28)16-30-19-7-3-2-4-8-19)25(29)27-21-13-12-18-11-10-17-6-5-9-20(21)24(17)18/h2-9,12-13,22H,10-11,14-16H2,1H3,(H,26,28)(H,27,29). The lowest BCUT2D eigenvalue weighted by atomic mass is 10.0. The van der Waals surface area contributed by atoms with E-state index >= 15 is 0 Å². The number of anilines is 1. The van der Waals surface area contributed by atoms with Gasteiger partial charge in [-0.15, -0.1) is 0 Å². The molecule has 0 bridgehead atoms. The first kappa shape index (κ1) is 21.2. The molecular weight excluding hydrogens is 408 g/mol. The number of carbonyl (C=O) groups excluding carboxylic acids is 2. The van der Waals surface area contributed by atoms with Crippen LogP contribution in [0.5, 0.6) is 5.75 Å². The van der Waals surface area contributed by atoms with Crippen LogP contribution < -0.4 is 15.4 Å². The zero-order valence-corrected chi connectivity index (χ0v) is 18.3. The Balaban J connectivity index is 1.45. The summed E-state index contributed by atoms with van der Waals surface area (Å²) in [6.07, 6.45) is 4.61. The van der Waals surface area contributed by atoms with Crippen molar-refractivity contribution in [2.45, 2.75) is 25.3 Å². The fraction of sp³-hybridized carbons (Fsp3) is 0.280. The third-order valence-electron chi connectivity index (χ3n) is 5.51. The van der Waals surface area contributed by atoms with Crippen LogP contribution in [-0.4, -0.2) is 36.5 Å². The van der Waals surface area contributed by atoms with Crippen molar-refractivity contribution in [3.05, 3.63) is 71.8 Å². The van der Waals surface area contributed by atoms with Gasteiger partial charge in [-0.05, 0) is 66.0 Å². The van der Waals surface area contributed by atoms with Gasteiger partial charge in [0.25, 0.3) is 5.91 Å². The molecule has 3 aromatic rings. The number of nitrogens with one attached hydrogen (secondary N) is 2. The number of para-hydroxylation sites is 1. The Bertz CT molecular complexity index is 1070. The van der Waals surface area contributed by atoms with Crippen molar-refractivity contribution in [3.63, 3.8) is 0 Å². The molecule has 1 atom stereocenters. The molecule has 0 radical (unpaired) electrons. The Morgan fingerprint density at radius 1 is 1.00 bits per heavy atom. The van der Waals surface area contributed by atoms with Gasteiger partial charge < -0.3 is 15.4 Å². The minimum Gasteiger partial charge on any atom is -0.484 e. The lowest BCUT2D eigenvalue weighted by Gasteiger charge is -2.19. The van der Waals surface area contributed by atoms with Gasteiger partial charge in [0, 0.05) is 11.1 Å². The van der Waals surface area contributed by atoms with E-state index in [-0.39, 0.29) is 18.4 Å². The number of amides is 2. The molecule has 2 N–H and O–H groups in total. The van der Waals surface area contributed by atoms with Crippen molar-refractivity contribution >= 4 is 40.0 Å². The van der Waals surface area contributed by atoms with Gasteiger partial charge in [-0.2, -0.15) is 11.8 Å². The average molecular weight is 435 g/mol. The van der Waals surface area contributed by atoms with E-state index in [9.17, 15) is 9.59 Å². The van der Waals surface area contributed by atoms with Crippen LogP contribution in [0.3, 0.4) is 0 Å². The first-order chi connectivity index (χ1) is 15.2. The minimum atomic E-state index is -0.623. The molecule has 1 unspecified atom stereocenters. The number of benzene rings is 3. The highest BCUT2D eigenvalue weighted by atomic mass is 32.2. The van der Waals surface area contributed by atoms with E-state index in [2.05, 4.69) is 22.8 Å². The lowest BCUT2D eigenvalue weighted by Crippen LogP contribution is -2.45. The van der Waals surface area contributed by atoms with Gasteiger partial charge in [-0.3, -0.25) is 9.59 Å². The molecule has 0 aromatic heterocycles. The number of rotatable bonds is 9. The Labute approximate surface area is 186 Å². The third kappa shape index (κ3) is 5.02. The number of aryl methyl sites for hydroxylation is 2. The molecule has 0 spiro atoms. The maximum Gasteiger partial charge on any atom is 0.258 e. The van der Waals surface area contributed by atoms with Crippen LogP contribution in [0.25, 0.3) is 10.8 Å². The van der Waals surface area contributed by atoms with Gasteiger partial charge in [0.05, 0.1) is 0 Å².